The number of fused-ring (bicyclic) bond motifs is 1. The summed E-state index contributed by atoms with van der Waals surface area (Å²) in [5.41, 5.74) is 8.95. The van der Waals surface area contributed by atoms with Crippen LogP contribution in [0.25, 0.3) is 5.65 Å². The molecule has 0 aliphatic heterocycles. The van der Waals surface area contributed by atoms with Crippen molar-refractivity contribution < 1.29 is 0 Å². The van der Waals surface area contributed by atoms with E-state index < -0.39 is 0 Å². The van der Waals surface area contributed by atoms with E-state index in [0.717, 1.165) is 16.9 Å². The van der Waals surface area contributed by atoms with Crippen molar-refractivity contribution in [3.8, 4) is 0 Å². The second-order valence-electron chi connectivity index (χ2n) is 3.39. The fourth-order valence-electron chi connectivity index (χ4n) is 1.59. The Morgan fingerprint density at radius 3 is 2.86 bits per heavy atom. The highest BCUT2D eigenvalue weighted by Gasteiger charge is 2.10. The molecule has 72 valence electrons. The predicted octanol–water partition coefficient (Wildman–Crippen LogP) is 1.24. The molecular weight excluding hydrogens is 176 g/mol. The minimum atomic E-state index is 0.0545. The zero-order valence-electron chi connectivity index (χ0n) is 8.20. The van der Waals surface area contributed by atoms with E-state index in [1.807, 2.05) is 36.6 Å². The van der Waals surface area contributed by atoms with Gasteiger partial charge in [0.05, 0.1) is 5.69 Å². The average molecular weight is 188 g/mol. The van der Waals surface area contributed by atoms with Crippen molar-refractivity contribution in [2.75, 3.05) is 0 Å². The summed E-state index contributed by atoms with van der Waals surface area (Å²) in [5, 5.41) is 7.45. The van der Waals surface area contributed by atoms with Gasteiger partial charge in [0.15, 0.2) is 0 Å². The fraction of sp³-hybridized carbons (Fsp3) is 0.200. The molecule has 0 amide bonds. The Morgan fingerprint density at radius 1 is 1.50 bits per heavy atom. The van der Waals surface area contributed by atoms with Gasteiger partial charge in [-0.2, -0.15) is 0 Å². The molecule has 2 rings (SSSR count). The van der Waals surface area contributed by atoms with Crippen LogP contribution in [0.4, 0.5) is 0 Å². The fourth-order valence-corrected chi connectivity index (χ4v) is 1.59. The summed E-state index contributed by atoms with van der Waals surface area (Å²) < 4.78 is 1.84. The molecule has 0 bridgehead atoms. The standard InChI is InChI=1S/C10H12N4/c1-6-3-4-14-8(5-6)13-7(2)9(14)10(11)12/h3-5H,1-2H3,(H3,11,12). The molecule has 0 atom stereocenters. The summed E-state index contributed by atoms with van der Waals surface area (Å²) in [6.45, 7) is 3.87. The minimum Gasteiger partial charge on any atom is -0.382 e. The van der Waals surface area contributed by atoms with E-state index in [1.165, 1.54) is 0 Å². The quantitative estimate of drug-likeness (QED) is 0.522. The molecule has 3 N–H and O–H groups in total. The van der Waals surface area contributed by atoms with Gasteiger partial charge in [-0.1, -0.05) is 0 Å². The van der Waals surface area contributed by atoms with Crippen LogP contribution in [0.1, 0.15) is 17.0 Å². The number of aromatic nitrogens is 2. The first-order chi connectivity index (χ1) is 6.59. The summed E-state index contributed by atoms with van der Waals surface area (Å²) in [4.78, 5) is 4.34. The van der Waals surface area contributed by atoms with Gasteiger partial charge in [-0.3, -0.25) is 9.81 Å². The van der Waals surface area contributed by atoms with Crippen LogP contribution in [-0.2, 0) is 0 Å². The molecule has 0 spiro atoms. The number of rotatable bonds is 1. The molecule has 4 heteroatoms. The van der Waals surface area contributed by atoms with Crippen LogP contribution in [0, 0.1) is 19.3 Å². The number of nitrogen functional groups attached to an aromatic ring is 1. The lowest BCUT2D eigenvalue weighted by Crippen LogP contribution is -2.15. The van der Waals surface area contributed by atoms with Crippen LogP contribution in [0.15, 0.2) is 18.3 Å². The van der Waals surface area contributed by atoms with E-state index in [0.29, 0.717) is 5.69 Å². The van der Waals surface area contributed by atoms with E-state index in [1.54, 1.807) is 0 Å². The molecule has 2 aromatic rings. The average Bonchev–Trinajstić information content (AvgIpc) is 2.39. The second-order valence-corrected chi connectivity index (χ2v) is 3.39. The number of imidazole rings is 1. The number of nitrogens with two attached hydrogens (primary N) is 1. The minimum absolute atomic E-state index is 0.0545. The Morgan fingerprint density at radius 2 is 2.21 bits per heavy atom. The zero-order chi connectivity index (χ0) is 10.3. The SMILES string of the molecule is Cc1ccn2c(C(=N)N)c(C)nc2c1. The van der Waals surface area contributed by atoms with Crippen molar-refractivity contribution in [3.05, 3.63) is 35.3 Å². The maximum Gasteiger partial charge on any atom is 0.142 e. The van der Waals surface area contributed by atoms with Crippen LogP contribution in [0.2, 0.25) is 0 Å². The van der Waals surface area contributed by atoms with E-state index >= 15 is 0 Å². The maximum absolute atomic E-state index is 7.45. The van der Waals surface area contributed by atoms with Crippen molar-refractivity contribution in [1.82, 2.24) is 9.38 Å². The lowest BCUT2D eigenvalue weighted by Gasteiger charge is -2.00. The van der Waals surface area contributed by atoms with Crippen molar-refractivity contribution in [1.29, 1.82) is 5.41 Å². The van der Waals surface area contributed by atoms with Gasteiger partial charge >= 0.3 is 0 Å². The molecule has 4 nitrogen and oxygen atoms in total. The summed E-state index contributed by atoms with van der Waals surface area (Å²) in [6.07, 6.45) is 1.89. The summed E-state index contributed by atoms with van der Waals surface area (Å²) >= 11 is 0. The highest BCUT2D eigenvalue weighted by molar-refractivity contribution is 5.95. The molecule has 2 aromatic heterocycles. The Kier molecular flexibility index (Phi) is 1.77. The first-order valence-corrected chi connectivity index (χ1v) is 4.39. The van der Waals surface area contributed by atoms with Gasteiger partial charge in [-0.25, -0.2) is 4.98 Å². The number of aryl methyl sites for hydroxylation is 2. The largest absolute Gasteiger partial charge is 0.382 e. The molecule has 0 saturated carbocycles. The van der Waals surface area contributed by atoms with Crippen molar-refractivity contribution in [2.24, 2.45) is 5.73 Å². The van der Waals surface area contributed by atoms with Crippen molar-refractivity contribution in [2.45, 2.75) is 13.8 Å². The van der Waals surface area contributed by atoms with Crippen LogP contribution in [-0.4, -0.2) is 15.2 Å². The molecule has 0 aliphatic carbocycles. The molecule has 0 aromatic carbocycles. The molecule has 14 heavy (non-hydrogen) atoms. The van der Waals surface area contributed by atoms with Gasteiger partial charge in [0, 0.05) is 6.20 Å². The number of hydrogen-bond acceptors (Lipinski definition) is 2. The van der Waals surface area contributed by atoms with E-state index in [9.17, 15) is 0 Å². The lowest BCUT2D eigenvalue weighted by molar-refractivity contribution is 1.13. The Balaban J connectivity index is 2.84. The Hall–Kier alpha value is -1.84. The number of amidine groups is 1. The van der Waals surface area contributed by atoms with E-state index in [2.05, 4.69) is 4.98 Å². The third-order valence-corrected chi connectivity index (χ3v) is 2.21. The number of nitrogens with one attached hydrogen (secondary N) is 1. The van der Waals surface area contributed by atoms with Gasteiger partial charge in [-0.15, -0.1) is 0 Å². The van der Waals surface area contributed by atoms with Crippen LogP contribution >= 0.6 is 0 Å². The van der Waals surface area contributed by atoms with E-state index in [4.69, 9.17) is 11.1 Å². The van der Waals surface area contributed by atoms with Gasteiger partial charge in [0.25, 0.3) is 0 Å². The molecule has 0 saturated heterocycles. The summed E-state index contributed by atoms with van der Waals surface area (Å²) in [5.74, 6) is 0.0545. The van der Waals surface area contributed by atoms with E-state index in [-0.39, 0.29) is 5.84 Å². The van der Waals surface area contributed by atoms with Gasteiger partial charge in [0.1, 0.15) is 17.2 Å². The van der Waals surface area contributed by atoms with Crippen molar-refractivity contribution in [3.63, 3.8) is 0 Å². The maximum atomic E-state index is 7.45. The Bertz CT molecular complexity index is 510. The molecule has 2 heterocycles. The molecule has 0 radical (unpaired) electrons. The van der Waals surface area contributed by atoms with Gasteiger partial charge in [-0.05, 0) is 31.5 Å². The third-order valence-electron chi connectivity index (χ3n) is 2.21. The smallest absolute Gasteiger partial charge is 0.142 e. The monoisotopic (exact) mass is 188 g/mol. The highest BCUT2D eigenvalue weighted by Crippen LogP contribution is 2.12. The molecule has 0 aliphatic rings. The van der Waals surface area contributed by atoms with Crippen LogP contribution in [0.3, 0.4) is 0 Å². The highest BCUT2D eigenvalue weighted by atomic mass is 15.0. The van der Waals surface area contributed by atoms with Gasteiger partial charge < -0.3 is 5.73 Å². The predicted molar refractivity (Wildman–Crippen MR) is 55.7 cm³/mol. The molecule has 0 fully saturated rings. The summed E-state index contributed by atoms with van der Waals surface area (Å²) in [6, 6.07) is 3.94. The van der Waals surface area contributed by atoms with Crippen LogP contribution in [0.5, 0.6) is 0 Å². The summed E-state index contributed by atoms with van der Waals surface area (Å²) in [7, 11) is 0. The topological polar surface area (TPSA) is 67.2 Å². The first-order valence-electron chi connectivity index (χ1n) is 4.39. The number of pyridine rings is 1. The second kappa shape index (κ2) is 2.83. The number of hydrogen-bond donors (Lipinski definition) is 2. The normalized spacial score (nSPS) is 10.7. The molecule has 0 unspecified atom stereocenters. The Labute approximate surface area is 81.9 Å². The third kappa shape index (κ3) is 1.16. The zero-order valence-corrected chi connectivity index (χ0v) is 8.20. The first kappa shape index (κ1) is 8.74. The lowest BCUT2D eigenvalue weighted by atomic mass is 10.3. The van der Waals surface area contributed by atoms with Crippen molar-refractivity contribution >= 4 is 11.5 Å². The number of nitrogens with zero attached hydrogens (tertiary/aromatic N) is 2. The molecular formula is C10H12N4. The van der Waals surface area contributed by atoms with Crippen LogP contribution < -0.4 is 5.73 Å². The van der Waals surface area contributed by atoms with Gasteiger partial charge in [0.2, 0.25) is 0 Å².